The second kappa shape index (κ2) is 7.00. The van der Waals surface area contributed by atoms with Gasteiger partial charge in [-0.1, -0.05) is 6.07 Å². The lowest BCUT2D eigenvalue weighted by Gasteiger charge is -2.34. The van der Waals surface area contributed by atoms with E-state index in [2.05, 4.69) is 16.0 Å². The van der Waals surface area contributed by atoms with Crippen LogP contribution in [0.15, 0.2) is 29.8 Å². The smallest absolute Gasteiger partial charge is 0.260 e. The highest BCUT2D eigenvalue weighted by Gasteiger charge is 2.22. The Bertz CT molecular complexity index is 644. The fourth-order valence-electron chi connectivity index (χ4n) is 2.77. The van der Waals surface area contributed by atoms with Gasteiger partial charge in [0.15, 0.2) is 11.7 Å². The number of carbonyl (C=O) groups is 1. The molecule has 5 nitrogen and oxygen atoms in total. The van der Waals surface area contributed by atoms with Gasteiger partial charge in [-0.3, -0.25) is 4.79 Å². The normalized spacial score (nSPS) is 14.9. The van der Waals surface area contributed by atoms with Crippen molar-refractivity contribution in [3.05, 3.63) is 40.9 Å². The summed E-state index contributed by atoms with van der Waals surface area (Å²) in [4.78, 5) is 20.7. The second-order valence-corrected chi connectivity index (χ2v) is 6.67. The van der Waals surface area contributed by atoms with E-state index in [0.29, 0.717) is 13.1 Å². The van der Waals surface area contributed by atoms with E-state index in [1.807, 2.05) is 42.5 Å². The van der Waals surface area contributed by atoms with Crippen molar-refractivity contribution in [2.24, 2.45) is 0 Å². The lowest BCUT2D eigenvalue weighted by molar-refractivity contribution is -0.133. The third kappa shape index (κ3) is 4.01. The van der Waals surface area contributed by atoms with Crippen LogP contribution in [0.1, 0.15) is 11.1 Å². The first-order valence-corrected chi connectivity index (χ1v) is 8.63. The summed E-state index contributed by atoms with van der Waals surface area (Å²) in [5, 5.41) is 3.01. The van der Waals surface area contributed by atoms with Crippen molar-refractivity contribution in [3.8, 4) is 5.75 Å². The molecule has 0 atom stereocenters. The number of piperazine rings is 1. The minimum atomic E-state index is 0.0444. The predicted molar refractivity (Wildman–Crippen MR) is 92.3 cm³/mol. The Labute approximate surface area is 140 Å². The lowest BCUT2D eigenvalue weighted by atomic mass is 10.1. The molecule has 1 aliphatic heterocycles. The number of ether oxygens (including phenoxy) is 1. The average molecular weight is 331 g/mol. The van der Waals surface area contributed by atoms with Gasteiger partial charge in [-0.05, 0) is 37.1 Å². The van der Waals surface area contributed by atoms with Crippen molar-refractivity contribution in [3.63, 3.8) is 0 Å². The number of aryl methyl sites for hydroxylation is 2. The molecule has 0 radical (unpaired) electrons. The van der Waals surface area contributed by atoms with Crippen LogP contribution in [-0.2, 0) is 4.79 Å². The zero-order valence-corrected chi connectivity index (χ0v) is 14.3. The van der Waals surface area contributed by atoms with Crippen molar-refractivity contribution < 1.29 is 9.53 Å². The van der Waals surface area contributed by atoms with Gasteiger partial charge < -0.3 is 14.5 Å². The maximum Gasteiger partial charge on any atom is 0.260 e. The largest absolute Gasteiger partial charge is 0.484 e. The second-order valence-electron chi connectivity index (χ2n) is 5.79. The molecule has 0 spiro atoms. The number of aromatic nitrogens is 1. The predicted octanol–water partition coefficient (Wildman–Crippen LogP) is 2.49. The number of benzene rings is 1. The molecule has 1 aromatic heterocycles. The van der Waals surface area contributed by atoms with Crippen molar-refractivity contribution in [1.29, 1.82) is 0 Å². The maximum atomic E-state index is 12.3. The number of anilines is 1. The third-order valence-electron chi connectivity index (χ3n) is 3.88. The van der Waals surface area contributed by atoms with Gasteiger partial charge in [-0.15, -0.1) is 11.3 Å². The fourth-order valence-corrected chi connectivity index (χ4v) is 3.47. The molecular formula is C17H21N3O2S. The molecule has 1 saturated heterocycles. The quantitative estimate of drug-likeness (QED) is 0.863. The molecule has 0 bridgehead atoms. The van der Waals surface area contributed by atoms with Crippen LogP contribution in [0.3, 0.4) is 0 Å². The van der Waals surface area contributed by atoms with Crippen LogP contribution in [0.5, 0.6) is 5.75 Å². The molecular weight excluding hydrogens is 310 g/mol. The van der Waals surface area contributed by atoms with Crippen LogP contribution in [0.4, 0.5) is 5.13 Å². The Hall–Kier alpha value is -2.08. The molecule has 122 valence electrons. The zero-order valence-electron chi connectivity index (χ0n) is 13.5. The Morgan fingerprint density at radius 1 is 1.17 bits per heavy atom. The Morgan fingerprint density at radius 3 is 2.48 bits per heavy atom. The molecule has 1 fully saturated rings. The number of nitrogens with zero attached hydrogens (tertiary/aromatic N) is 3. The first kappa shape index (κ1) is 15.8. The summed E-state index contributed by atoms with van der Waals surface area (Å²) in [6.07, 6.45) is 1.81. The summed E-state index contributed by atoms with van der Waals surface area (Å²) in [5.74, 6) is 0.806. The standard InChI is InChI=1S/C17H21N3O2S/c1-13-9-14(2)11-15(10-13)22-12-16(21)19-4-6-20(7-5-19)17-18-3-8-23-17/h3,8-11H,4-7,12H2,1-2H3. The highest BCUT2D eigenvalue weighted by Crippen LogP contribution is 2.19. The molecule has 23 heavy (non-hydrogen) atoms. The zero-order chi connectivity index (χ0) is 16.2. The summed E-state index contributed by atoms with van der Waals surface area (Å²) in [6.45, 7) is 7.23. The van der Waals surface area contributed by atoms with E-state index < -0.39 is 0 Å². The van der Waals surface area contributed by atoms with E-state index >= 15 is 0 Å². The van der Waals surface area contributed by atoms with Crippen LogP contribution in [0.2, 0.25) is 0 Å². The van der Waals surface area contributed by atoms with Crippen LogP contribution >= 0.6 is 11.3 Å². The number of hydrogen-bond acceptors (Lipinski definition) is 5. The Morgan fingerprint density at radius 2 is 1.87 bits per heavy atom. The lowest BCUT2D eigenvalue weighted by Crippen LogP contribution is -2.50. The summed E-state index contributed by atoms with van der Waals surface area (Å²) in [7, 11) is 0. The van der Waals surface area contributed by atoms with Gasteiger partial charge in [0.1, 0.15) is 5.75 Å². The molecule has 2 heterocycles. The van der Waals surface area contributed by atoms with Crippen molar-refractivity contribution in [1.82, 2.24) is 9.88 Å². The molecule has 6 heteroatoms. The third-order valence-corrected chi connectivity index (χ3v) is 4.71. The number of rotatable bonds is 4. The molecule has 0 aliphatic carbocycles. The number of carbonyl (C=O) groups excluding carboxylic acids is 1. The molecule has 1 aliphatic rings. The van der Waals surface area contributed by atoms with Gasteiger partial charge in [0.05, 0.1) is 0 Å². The molecule has 0 unspecified atom stereocenters. The van der Waals surface area contributed by atoms with Crippen molar-refractivity contribution in [2.75, 3.05) is 37.7 Å². The van der Waals surface area contributed by atoms with Crippen LogP contribution < -0.4 is 9.64 Å². The van der Waals surface area contributed by atoms with Crippen molar-refractivity contribution in [2.45, 2.75) is 13.8 Å². The van der Waals surface area contributed by atoms with Crippen LogP contribution in [0, 0.1) is 13.8 Å². The topological polar surface area (TPSA) is 45.7 Å². The van der Waals surface area contributed by atoms with E-state index in [-0.39, 0.29) is 12.5 Å². The molecule has 0 N–H and O–H groups in total. The minimum Gasteiger partial charge on any atom is -0.484 e. The summed E-state index contributed by atoms with van der Waals surface area (Å²) in [6, 6.07) is 6.01. The molecule has 2 aromatic rings. The molecule has 1 amide bonds. The van der Waals surface area contributed by atoms with Gasteiger partial charge in [0.2, 0.25) is 0 Å². The van der Waals surface area contributed by atoms with Crippen LogP contribution in [-0.4, -0.2) is 48.6 Å². The van der Waals surface area contributed by atoms with E-state index in [9.17, 15) is 4.79 Å². The number of amides is 1. The van der Waals surface area contributed by atoms with E-state index in [1.54, 1.807) is 11.3 Å². The highest BCUT2D eigenvalue weighted by molar-refractivity contribution is 7.13. The highest BCUT2D eigenvalue weighted by atomic mass is 32.1. The number of hydrogen-bond donors (Lipinski definition) is 0. The van der Waals surface area contributed by atoms with Gasteiger partial charge in [0, 0.05) is 37.8 Å². The molecule has 1 aromatic carbocycles. The van der Waals surface area contributed by atoms with E-state index in [1.165, 1.54) is 0 Å². The summed E-state index contributed by atoms with van der Waals surface area (Å²) >= 11 is 1.64. The minimum absolute atomic E-state index is 0.0444. The number of thiazole rings is 1. The van der Waals surface area contributed by atoms with E-state index in [0.717, 1.165) is 35.1 Å². The Balaban J connectivity index is 1.49. The van der Waals surface area contributed by atoms with Crippen LogP contribution in [0.25, 0.3) is 0 Å². The first-order chi connectivity index (χ1) is 11.1. The van der Waals surface area contributed by atoms with Gasteiger partial charge >= 0.3 is 0 Å². The SMILES string of the molecule is Cc1cc(C)cc(OCC(=O)N2CCN(c3nccs3)CC2)c1. The van der Waals surface area contributed by atoms with Gasteiger partial charge in [-0.2, -0.15) is 0 Å². The van der Waals surface area contributed by atoms with Gasteiger partial charge in [0.25, 0.3) is 5.91 Å². The first-order valence-electron chi connectivity index (χ1n) is 7.75. The molecule has 3 rings (SSSR count). The van der Waals surface area contributed by atoms with E-state index in [4.69, 9.17) is 4.74 Å². The molecule has 0 saturated carbocycles. The summed E-state index contributed by atoms with van der Waals surface area (Å²) < 4.78 is 5.67. The fraction of sp³-hybridized carbons (Fsp3) is 0.412. The summed E-state index contributed by atoms with van der Waals surface area (Å²) in [5.41, 5.74) is 2.29. The van der Waals surface area contributed by atoms with Gasteiger partial charge in [-0.25, -0.2) is 4.98 Å². The Kier molecular flexibility index (Phi) is 4.81. The van der Waals surface area contributed by atoms with Crippen molar-refractivity contribution >= 4 is 22.4 Å². The average Bonchev–Trinajstić information content (AvgIpc) is 3.06. The maximum absolute atomic E-state index is 12.3. The monoisotopic (exact) mass is 331 g/mol.